The number of ether oxygens (including phenoxy) is 2. The highest BCUT2D eigenvalue weighted by atomic mass is 16.5. The van der Waals surface area contributed by atoms with Crippen LogP contribution in [-0.2, 0) is 27.1 Å². The molecule has 1 aromatic rings. The van der Waals surface area contributed by atoms with E-state index in [0.717, 1.165) is 55.7 Å². The summed E-state index contributed by atoms with van der Waals surface area (Å²) in [4.78, 5) is 18.8. The van der Waals surface area contributed by atoms with E-state index in [2.05, 4.69) is 30.6 Å². The van der Waals surface area contributed by atoms with Crippen molar-refractivity contribution >= 4 is 11.8 Å². The predicted molar refractivity (Wildman–Crippen MR) is 131 cm³/mol. The first-order valence-corrected chi connectivity index (χ1v) is 11.8. The lowest BCUT2D eigenvalue weighted by atomic mass is 9.99. The molecule has 0 amide bonds. The van der Waals surface area contributed by atoms with Crippen LogP contribution in [0.4, 0.5) is 5.82 Å². The maximum atomic E-state index is 12.1. The molecule has 1 aromatic heterocycles. The molecule has 7 heteroatoms. The number of likely N-dealkylation sites (tertiary alicyclic amines) is 1. The van der Waals surface area contributed by atoms with Crippen molar-refractivity contribution in [3.8, 4) is 0 Å². The molecule has 7 nitrogen and oxygen atoms in total. The molecule has 2 N–H and O–H groups in total. The second-order valence-electron chi connectivity index (χ2n) is 8.64. The third-order valence-corrected chi connectivity index (χ3v) is 6.34. The normalized spacial score (nSPS) is 19.8. The van der Waals surface area contributed by atoms with Gasteiger partial charge in [-0.2, -0.15) is 0 Å². The highest BCUT2D eigenvalue weighted by molar-refractivity contribution is 5.79. The standard InChI is InChI=1S/C26H37N3O4/c1-4-19(18-32-3)23(5-2)24(26(30)31)29-15-13-22(17-29)33-16-7-6-10-21-12-11-20-9-8-14-27-25(20)28-21/h4-5,11-12,22,24H,1-2,6-10,13-18H2,3H3,(H,27,28)(H,30,31)/b23-19-. The number of fused-ring (bicyclic) bond motifs is 1. The first kappa shape index (κ1) is 25.1. The second kappa shape index (κ2) is 12.7. The Morgan fingerprint density at radius 1 is 1.36 bits per heavy atom. The van der Waals surface area contributed by atoms with Crippen LogP contribution in [-0.4, -0.2) is 73.1 Å². The van der Waals surface area contributed by atoms with Crippen molar-refractivity contribution in [2.45, 2.75) is 50.7 Å². The van der Waals surface area contributed by atoms with Crippen molar-refractivity contribution in [1.82, 2.24) is 9.88 Å². The summed E-state index contributed by atoms with van der Waals surface area (Å²) in [6.45, 7) is 10.9. The molecule has 1 fully saturated rings. The molecule has 1 saturated heterocycles. The van der Waals surface area contributed by atoms with Crippen molar-refractivity contribution in [1.29, 1.82) is 0 Å². The summed E-state index contributed by atoms with van der Waals surface area (Å²) in [5.74, 6) is 0.153. The predicted octanol–water partition coefficient (Wildman–Crippen LogP) is 3.62. The van der Waals surface area contributed by atoms with Crippen LogP contribution in [0.2, 0.25) is 0 Å². The summed E-state index contributed by atoms with van der Waals surface area (Å²) in [5, 5.41) is 13.3. The summed E-state index contributed by atoms with van der Waals surface area (Å²) in [6.07, 6.45) is 9.30. The Hall–Kier alpha value is -2.48. The maximum Gasteiger partial charge on any atom is 0.325 e. The van der Waals surface area contributed by atoms with E-state index in [0.29, 0.717) is 31.9 Å². The molecule has 0 spiro atoms. The monoisotopic (exact) mass is 455 g/mol. The lowest BCUT2D eigenvalue weighted by Gasteiger charge is -2.26. The van der Waals surface area contributed by atoms with Crippen molar-refractivity contribution in [2.24, 2.45) is 0 Å². The number of methoxy groups -OCH3 is 1. The van der Waals surface area contributed by atoms with Gasteiger partial charge in [-0.05, 0) is 61.3 Å². The van der Waals surface area contributed by atoms with Gasteiger partial charge in [-0.25, -0.2) is 4.98 Å². The number of aryl methyl sites for hydroxylation is 2. The third-order valence-electron chi connectivity index (χ3n) is 6.34. The minimum absolute atomic E-state index is 0.0404. The number of aromatic nitrogens is 1. The van der Waals surface area contributed by atoms with Crippen LogP contribution >= 0.6 is 0 Å². The number of rotatable bonds is 13. The van der Waals surface area contributed by atoms with Gasteiger partial charge in [0.1, 0.15) is 11.9 Å². The van der Waals surface area contributed by atoms with E-state index >= 15 is 0 Å². The number of nitrogens with one attached hydrogen (secondary N) is 1. The molecule has 33 heavy (non-hydrogen) atoms. The van der Waals surface area contributed by atoms with E-state index in [-0.39, 0.29) is 6.10 Å². The topological polar surface area (TPSA) is 83.9 Å². The number of unbranched alkanes of at least 4 members (excludes halogenated alkanes) is 1. The molecule has 0 aromatic carbocycles. The summed E-state index contributed by atoms with van der Waals surface area (Å²) in [6, 6.07) is 3.56. The zero-order valence-electron chi connectivity index (χ0n) is 19.7. The SMILES string of the molecule is C=C/C(COC)=C(\C=C)C(C(=O)O)N1CCC(OCCCCc2ccc3c(n2)NCCC3)C1. The number of anilines is 1. The van der Waals surface area contributed by atoms with Gasteiger partial charge in [0.2, 0.25) is 0 Å². The number of hydrogen-bond donors (Lipinski definition) is 2. The molecule has 3 heterocycles. The summed E-state index contributed by atoms with van der Waals surface area (Å²) in [5.41, 5.74) is 3.82. The van der Waals surface area contributed by atoms with Crippen molar-refractivity contribution in [2.75, 3.05) is 45.3 Å². The van der Waals surface area contributed by atoms with E-state index in [1.807, 2.05) is 4.90 Å². The molecule has 0 aliphatic carbocycles. The van der Waals surface area contributed by atoms with Gasteiger partial charge >= 0.3 is 5.97 Å². The highest BCUT2D eigenvalue weighted by Gasteiger charge is 2.35. The fraction of sp³-hybridized carbons (Fsp3) is 0.538. The van der Waals surface area contributed by atoms with Gasteiger partial charge in [-0.1, -0.05) is 31.4 Å². The van der Waals surface area contributed by atoms with Crippen molar-refractivity contribution in [3.05, 3.63) is 59.8 Å². The van der Waals surface area contributed by atoms with Crippen LogP contribution in [0.5, 0.6) is 0 Å². The van der Waals surface area contributed by atoms with Crippen LogP contribution in [0, 0.1) is 0 Å². The molecule has 2 unspecified atom stereocenters. The molecule has 0 bridgehead atoms. The van der Waals surface area contributed by atoms with E-state index in [1.54, 1.807) is 19.3 Å². The largest absolute Gasteiger partial charge is 0.480 e. The van der Waals surface area contributed by atoms with Gasteiger partial charge < -0.3 is 19.9 Å². The number of carbonyl (C=O) groups is 1. The lowest BCUT2D eigenvalue weighted by molar-refractivity contribution is -0.141. The van der Waals surface area contributed by atoms with Gasteiger partial charge in [0.05, 0.1) is 12.7 Å². The van der Waals surface area contributed by atoms with Crippen LogP contribution in [0.15, 0.2) is 48.6 Å². The number of nitrogens with zero attached hydrogens (tertiary/aromatic N) is 2. The van der Waals surface area contributed by atoms with Crippen LogP contribution in [0.3, 0.4) is 0 Å². The van der Waals surface area contributed by atoms with Gasteiger partial charge in [-0.3, -0.25) is 9.69 Å². The van der Waals surface area contributed by atoms with Crippen molar-refractivity contribution in [3.63, 3.8) is 0 Å². The number of hydrogen-bond acceptors (Lipinski definition) is 6. The Kier molecular flexibility index (Phi) is 9.66. The minimum atomic E-state index is -0.895. The van der Waals surface area contributed by atoms with Crippen LogP contribution in [0.1, 0.15) is 36.9 Å². The van der Waals surface area contributed by atoms with Crippen molar-refractivity contribution < 1.29 is 19.4 Å². The number of aliphatic carboxylic acids is 1. The smallest absolute Gasteiger partial charge is 0.325 e. The van der Waals surface area contributed by atoms with Crippen LogP contribution in [0.25, 0.3) is 0 Å². The average Bonchev–Trinajstić information content (AvgIpc) is 3.28. The Labute approximate surface area is 197 Å². The molecule has 180 valence electrons. The second-order valence-corrected chi connectivity index (χ2v) is 8.64. The Balaban J connectivity index is 1.46. The molecule has 2 atom stereocenters. The maximum absolute atomic E-state index is 12.1. The van der Waals surface area contributed by atoms with Gasteiger partial charge in [0, 0.05) is 39.0 Å². The van der Waals surface area contributed by atoms with Gasteiger partial charge in [0.25, 0.3) is 0 Å². The lowest BCUT2D eigenvalue weighted by Crippen LogP contribution is -2.42. The van der Waals surface area contributed by atoms with Gasteiger partial charge in [-0.15, -0.1) is 0 Å². The van der Waals surface area contributed by atoms with Crippen LogP contribution < -0.4 is 5.32 Å². The highest BCUT2D eigenvalue weighted by Crippen LogP contribution is 2.24. The fourth-order valence-electron chi connectivity index (χ4n) is 4.61. The number of carboxylic acid groups (broad SMARTS) is 1. The van der Waals surface area contributed by atoms with E-state index in [9.17, 15) is 9.90 Å². The van der Waals surface area contributed by atoms with Gasteiger partial charge in [0.15, 0.2) is 0 Å². The first-order chi connectivity index (χ1) is 16.1. The Morgan fingerprint density at radius 2 is 2.21 bits per heavy atom. The zero-order valence-corrected chi connectivity index (χ0v) is 19.7. The molecular weight excluding hydrogens is 418 g/mol. The van der Waals surface area contributed by atoms with E-state index in [4.69, 9.17) is 14.5 Å². The summed E-state index contributed by atoms with van der Waals surface area (Å²) in [7, 11) is 1.58. The molecule has 2 aliphatic rings. The third kappa shape index (κ3) is 6.76. The van der Waals surface area contributed by atoms with E-state index in [1.165, 1.54) is 12.0 Å². The average molecular weight is 456 g/mol. The molecule has 0 radical (unpaired) electrons. The molecule has 0 saturated carbocycles. The Bertz CT molecular complexity index is 867. The minimum Gasteiger partial charge on any atom is -0.480 e. The summed E-state index contributed by atoms with van der Waals surface area (Å²) >= 11 is 0. The first-order valence-electron chi connectivity index (χ1n) is 11.8. The number of pyridine rings is 1. The summed E-state index contributed by atoms with van der Waals surface area (Å²) < 4.78 is 11.3. The zero-order chi connectivity index (χ0) is 23.6. The molecule has 3 rings (SSSR count). The Morgan fingerprint density at radius 3 is 2.94 bits per heavy atom. The number of carboxylic acids is 1. The fourth-order valence-corrected chi connectivity index (χ4v) is 4.61. The molecular formula is C26H37N3O4. The quantitative estimate of drug-likeness (QED) is 0.347. The molecule has 2 aliphatic heterocycles. The van der Waals surface area contributed by atoms with E-state index < -0.39 is 12.0 Å².